The van der Waals surface area contributed by atoms with Crippen LogP contribution >= 0.6 is 11.8 Å². The molecule has 0 bridgehead atoms. The summed E-state index contributed by atoms with van der Waals surface area (Å²) in [4.78, 5) is 13.7. The quantitative estimate of drug-likeness (QED) is 0.409. The van der Waals surface area contributed by atoms with Gasteiger partial charge in [-0.15, -0.1) is 11.8 Å². The van der Waals surface area contributed by atoms with Crippen LogP contribution in [-0.2, 0) is 14.8 Å². The van der Waals surface area contributed by atoms with E-state index in [2.05, 4.69) is 5.32 Å². The minimum absolute atomic E-state index is 0.0123. The summed E-state index contributed by atoms with van der Waals surface area (Å²) in [7, 11) is -4.12. The van der Waals surface area contributed by atoms with Gasteiger partial charge in [0.25, 0.3) is 10.0 Å². The Morgan fingerprint density at radius 3 is 2.44 bits per heavy atom. The van der Waals surface area contributed by atoms with E-state index in [0.29, 0.717) is 5.75 Å². The second-order valence-electron chi connectivity index (χ2n) is 7.71. The number of rotatable bonds is 10. The van der Waals surface area contributed by atoms with Crippen molar-refractivity contribution >= 4 is 33.4 Å². The fourth-order valence-corrected chi connectivity index (χ4v) is 5.07. The Bertz CT molecular complexity index is 1230. The van der Waals surface area contributed by atoms with E-state index in [1.165, 1.54) is 42.1 Å². The van der Waals surface area contributed by atoms with E-state index in [4.69, 9.17) is 4.74 Å². The molecule has 1 atom stereocenters. The van der Waals surface area contributed by atoms with Crippen molar-refractivity contribution in [1.82, 2.24) is 5.32 Å². The number of anilines is 1. The van der Waals surface area contributed by atoms with Crippen molar-refractivity contribution < 1.29 is 22.3 Å². The topological polar surface area (TPSA) is 75.7 Å². The molecule has 0 heterocycles. The minimum Gasteiger partial charge on any atom is -0.491 e. The summed E-state index contributed by atoms with van der Waals surface area (Å²) in [5, 5.41) is 2.76. The first-order valence-corrected chi connectivity index (χ1v) is 13.3. The number of benzene rings is 3. The van der Waals surface area contributed by atoms with E-state index in [1.54, 1.807) is 19.1 Å². The molecular weight excluding hydrogens is 475 g/mol. The van der Waals surface area contributed by atoms with Crippen molar-refractivity contribution in [3.05, 3.63) is 84.2 Å². The molecule has 0 fully saturated rings. The molecule has 0 saturated carbocycles. The first kappa shape index (κ1) is 25.6. The lowest BCUT2D eigenvalue weighted by Gasteiger charge is -2.25. The van der Waals surface area contributed by atoms with Crippen LogP contribution in [0.15, 0.2) is 82.6 Å². The number of sulfonamides is 1. The molecule has 0 saturated heterocycles. The van der Waals surface area contributed by atoms with E-state index in [-0.39, 0.29) is 23.2 Å². The summed E-state index contributed by atoms with van der Waals surface area (Å²) in [6.45, 7) is 3.38. The predicted octanol–water partition coefficient (Wildman–Crippen LogP) is 4.64. The van der Waals surface area contributed by atoms with Crippen LogP contribution in [0.3, 0.4) is 0 Å². The van der Waals surface area contributed by atoms with Gasteiger partial charge >= 0.3 is 0 Å². The van der Waals surface area contributed by atoms with Crippen LogP contribution in [0.4, 0.5) is 10.1 Å². The largest absolute Gasteiger partial charge is 0.491 e. The Balaban J connectivity index is 1.77. The number of thioether (sulfide) groups is 1. The zero-order chi connectivity index (χ0) is 24.7. The van der Waals surface area contributed by atoms with E-state index >= 15 is 0 Å². The average Bonchev–Trinajstić information content (AvgIpc) is 2.82. The Morgan fingerprint density at radius 2 is 1.79 bits per heavy atom. The van der Waals surface area contributed by atoms with Crippen molar-refractivity contribution in [3.63, 3.8) is 0 Å². The molecule has 9 heteroatoms. The van der Waals surface area contributed by atoms with Gasteiger partial charge in [-0.25, -0.2) is 12.8 Å². The van der Waals surface area contributed by atoms with Gasteiger partial charge in [-0.3, -0.25) is 9.10 Å². The second kappa shape index (κ2) is 11.4. The van der Waals surface area contributed by atoms with E-state index in [0.717, 1.165) is 20.8 Å². The van der Waals surface area contributed by atoms with Crippen LogP contribution in [0, 0.1) is 12.7 Å². The maximum Gasteiger partial charge on any atom is 0.264 e. The van der Waals surface area contributed by atoms with Crippen LogP contribution in [0.5, 0.6) is 5.75 Å². The van der Waals surface area contributed by atoms with Crippen LogP contribution in [0.2, 0.25) is 0 Å². The molecule has 1 amide bonds. The molecule has 180 valence electrons. The molecule has 1 N–H and O–H groups in total. The fraction of sp³-hybridized carbons (Fsp3) is 0.240. The standard InChI is InChI=1S/C25H27FN2O4S2/c1-18-7-4-5-10-24(18)32-17-19(2)27-25(29)16-28(21-9-6-8-20(26)15-21)34(30,31)23-13-11-22(33-3)12-14-23/h4-15,19H,16-17H2,1-3H3,(H,27,29). The first-order valence-electron chi connectivity index (χ1n) is 10.6. The third-order valence-corrected chi connectivity index (χ3v) is 7.55. The minimum atomic E-state index is -4.12. The summed E-state index contributed by atoms with van der Waals surface area (Å²) in [6, 6.07) is 18.6. The third-order valence-electron chi connectivity index (χ3n) is 5.02. The number of ether oxygens (including phenoxy) is 1. The molecule has 1 unspecified atom stereocenters. The number of nitrogens with zero attached hydrogens (tertiary/aromatic N) is 1. The second-order valence-corrected chi connectivity index (χ2v) is 10.5. The number of nitrogens with one attached hydrogen (secondary N) is 1. The molecule has 3 aromatic carbocycles. The number of halogens is 1. The van der Waals surface area contributed by atoms with Crippen LogP contribution in [0.1, 0.15) is 12.5 Å². The zero-order valence-corrected chi connectivity index (χ0v) is 20.8. The van der Waals surface area contributed by atoms with Gasteiger partial charge in [-0.1, -0.05) is 24.3 Å². The first-order chi connectivity index (χ1) is 16.2. The zero-order valence-electron chi connectivity index (χ0n) is 19.2. The van der Waals surface area contributed by atoms with Crippen molar-refractivity contribution in [2.45, 2.75) is 29.7 Å². The molecule has 34 heavy (non-hydrogen) atoms. The van der Waals surface area contributed by atoms with Gasteiger partial charge in [-0.2, -0.15) is 0 Å². The number of hydrogen-bond acceptors (Lipinski definition) is 5. The lowest BCUT2D eigenvalue weighted by atomic mass is 10.2. The van der Waals surface area contributed by atoms with Gasteiger partial charge in [0.2, 0.25) is 5.91 Å². The van der Waals surface area contributed by atoms with E-state index in [1.807, 2.05) is 37.4 Å². The van der Waals surface area contributed by atoms with E-state index in [9.17, 15) is 17.6 Å². The molecule has 0 aliphatic heterocycles. The Kier molecular flexibility index (Phi) is 8.57. The monoisotopic (exact) mass is 502 g/mol. The molecule has 0 aliphatic rings. The van der Waals surface area contributed by atoms with Gasteiger partial charge < -0.3 is 10.1 Å². The van der Waals surface area contributed by atoms with Gasteiger partial charge in [0, 0.05) is 4.90 Å². The maximum absolute atomic E-state index is 13.9. The van der Waals surface area contributed by atoms with Gasteiger partial charge in [0.15, 0.2) is 0 Å². The molecule has 0 aromatic heterocycles. The van der Waals surface area contributed by atoms with Gasteiger partial charge in [-0.05, 0) is 74.2 Å². The highest BCUT2D eigenvalue weighted by Crippen LogP contribution is 2.26. The molecular formula is C25H27FN2O4S2. The summed E-state index contributed by atoms with van der Waals surface area (Å²) in [5.74, 6) is -0.424. The number of aryl methyl sites for hydroxylation is 1. The van der Waals surface area contributed by atoms with Crippen molar-refractivity contribution in [3.8, 4) is 5.75 Å². The van der Waals surface area contributed by atoms with Crippen molar-refractivity contribution in [2.75, 3.05) is 23.7 Å². The van der Waals surface area contributed by atoms with Crippen LogP contribution in [0.25, 0.3) is 0 Å². The number of amides is 1. The lowest BCUT2D eigenvalue weighted by molar-refractivity contribution is -0.120. The summed E-state index contributed by atoms with van der Waals surface area (Å²) < 4.78 is 47.4. The van der Waals surface area contributed by atoms with Gasteiger partial charge in [0.05, 0.1) is 16.6 Å². The highest BCUT2D eigenvalue weighted by molar-refractivity contribution is 7.98. The summed E-state index contributed by atoms with van der Waals surface area (Å²) in [6.07, 6.45) is 1.89. The average molecular weight is 503 g/mol. The molecule has 0 radical (unpaired) electrons. The molecule has 3 rings (SSSR count). The Morgan fingerprint density at radius 1 is 1.09 bits per heavy atom. The van der Waals surface area contributed by atoms with Crippen molar-refractivity contribution in [2.24, 2.45) is 0 Å². The SMILES string of the molecule is CSc1ccc(S(=O)(=O)N(CC(=O)NC(C)COc2ccccc2C)c2cccc(F)c2)cc1. The number of carbonyl (C=O) groups excluding carboxylic acids is 1. The highest BCUT2D eigenvalue weighted by atomic mass is 32.2. The number of carbonyl (C=O) groups is 1. The number of para-hydroxylation sites is 1. The van der Waals surface area contributed by atoms with Gasteiger partial charge in [0.1, 0.15) is 24.7 Å². The highest BCUT2D eigenvalue weighted by Gasteiger charge is 2.28. The predicted molar refractivity (Wildman–Crippen MR) is 133 cm³/mol. The smallest absolute Gasteiger partial charge is 0.264 e. The van der Waals surface area contributed by atoms with Crippen LogP contribution in [-0.4, -0.2) is 39.8 Å². The van der Waals surface area contributed by atoms with Crippen molar-refractivity contribution in [1.29, 1.82) is 0 Å². The maximum atomic E-state index is 13.9. The normalized spacial score (nSPS) is 12.1. The Hall–Kier alpha value is -3.04. The van der Waals surface area contributed by atoms with E-state index < -0.39 is 28.3 Å². The summed E-state index contributed by atoms with van der Waals surface area (Å²) in [5.41, 5.74) is 1.03. The number of hydrogen-bond donors (Lipinski definition) is 1. The molecule has 0 aliphatic carbocycles. The summed E-state index contributed by atoms with van der Waals surface area (Å²) >= 11 is 1.48. The Labute approximate surface area is 204 Å². The molecule has 0 spiro atoms. The van der Waals surface area contributed by atoms with Crippen LogP contribution < -0.4 is 14.4 Å². The third kappa shape index (κ3) is 6.51. The lowest BCUT2D eigenvalue weighted by Crippen LogP contribution is -2.45. The molecule has 6 nitrogen and oxygen atoms in total. The molecule has 3 aromatic rings. The fourth-order valence-electron chi connectivity index (χ4n) is 3.25.